The SMILES string of the molecule is O=C(O)C(O)c1ccc2nc(-c3ccc(F)cc3)oc2c1. The summed E-state index contributed by atoms with van der Waals surface area (Å²) in [5, 5.41) is 18.3. The van der Waals surface area contributed by atoms with Gasteiger partial charge in [0.2, 0.25) is 5.89 Å². The number of hydrogen-bond acceptors (Lipinski definition) is 4. The van der Waals surface area contributed by atoms with E-state index in [1.54, 1.807) is 6.07 Å². The van der Waals surface area contributed by atoms with Gasteiger partial charge in [0.1, 0.15) is 11.3 Å². The lowest BCUT2D eigenvalue weighted by molar-refractivity contribution is -0.146. The Kier molecular flexibility index (Phi) is 3.15. The summed E-state index contributed by atoms with van der Waals surface area (Å²) in [5.74, 6) is -1.40. The number of aliphatic carboxylic acids is 1. The Balaban J connectivity index is 2.04. The first-order valence-corrected chi connectivity index (χ1v) is 6.12. The average Bonchev–Trinajstić information content (AvgIpc) is 2.89. The number of oxazole rings is 1. The summed E-state index contributed by atoms with van der Waals surface area (Å²) < 4.78 is 18.4. The number of aliphatic hydroxyl groups is 1. The first-order valence-electron chi connectivity index (χ1n) is 6.12. The van der Waals surface area contributed by atoms with Crippen molar-refractivity contribution in [1.29, 1.82) is 0 Å². The number of carboxylic acid groups (broad SMARTS) is 1. The minimum absolute atomic E-state index is 0.205. The molecule has 3 aromatic rings. The van der Waals surface area contributed by atoms with Crippen LogP contribution in [0.4, 0.5) is 4.39 Å². The monoisotopic (exact) mass is 287 g/mol. The fraction of sp³-hybridized carbons (Fsp3) is 0.0667. The van der Waals surface area contributed by atoms with Crippen LogP contribution in [0.2, 0.25) is 0 Å². The molecule has 106 valence electrons. The van der Waals surface area contributed by atoms with Crippen molar-refractivity contribution in [1.82, 2.24) is 4.98 Å². The van der Waals surface area contributed by atoms with Crippen LogP contribution in [0.15, 0.2) is 46.9 Å². The molecule has 3 rings (SSSR count). The predicted octanol–water partition coefficient (Wildman–Crippen LogP) is 2.75. The average molecular weight is 287 g/mol. The van der Waals surface area contributed by atoms with E-state index in [1.807, 2.05) is 0 Å². The molecule has 2 aromatic carbocycles. The van der Waals surface area contributed by atoms with Crippen molar-refractivity contribution in [3.05, 3.63) is 53.8 Å². The van der Waals surface area contributed by atoms with Crippen LogP contribution in [0, 0.1) is 5.82 Å². The second kappa shape index (κ2) is 4.99. The van der Waals surface area contributed by atoms with Gasteiger partial charge in [-0.25, -0.2) is 14.2 Å². The van der Waals surface area contributed by atoms with Gasteiger partial charge in [-0.15, -0.1) is 0 Å². The van der Waals surface area contributed by atoms with Crippen molar-refractivity contribution in [2.45, 2.75) is 6.10 Å². The number of benzene rings is 2. The number of hydrogen-bond donors (Lipinski definition) is 2. The van der Waals surface area contributed by atoms with E-state index < -0.39 is 12.1 Å². The quantitative estimate of drug-likeness (QED) is 0.773. The molecule has 5 nitrogen and oxygen atoms in total. The number of aromatic nitrogens is 1. The zero-order valence-electron chi connectivity index (χ0n) is 10.7. The van der Waals surface area contributed by atoms with Gasteiger partial charge in [0, 0.05) is 5.56 Å². The number of rotatable bonds is 3. The highest BCUT2D eigenvalue weighted by Gasteiger charge is 2.17. The molecule has 0 amide bonds. The van der Waals surface area contributed by atoms with Crippen LogP contribution in [0.3, 0.4) is 0 Å². The maximum absolute atomic E-state index is 12.9. The molecule has 1 aromatic heterocycles. The fourth-order valence-corrected chi connectivity index (χ4v) is 1.97. The molecule has 1 atom stereocenters. The van der Waals surface area contributed by atoms with Gasteiger partial charge in [-0.05, 0) is 42.0 Å². The van der Waals surface area contributed by atoms with Gasteiger partial charge in [-0.3, -0.25) is 0 Å². The van der Waals surface area contributed by atoms with Crippen LogP contribution in [-0.2, 0) is 4.79 Å². The van der Waals surface area contributed by atoms with Crippen LogP contribution in [0.5, 0.6) is 0 Å². The summed E-state index contributed by atoms with van der Waals surface area (Å²) in [6.45, 7) is 0. The third-order valence-electron chi connectivity index (χ3n) is 3.05. The Bertz CT molecular complexity index is 810. The zero-order chi connectivity index (χ0) is 15.0. The Morgan fingerprint density at radius 1 is 1.19 bits per heavy atom. The lowest BCUT2D eigenvalue weighted by Crippen LogP contribution is -2.09. The van der Waals surface area contributed by atoms with E-state index in [0.717, 1.165) is 0 Å². The molecular formula is C15H10FNO4. The van der Waals surface area contributed by atoms with Crippen molar-refractivity contribution in [2.24, 2.45) is 0 Å². The van der Waals surface area contributed by atoms with Crippen LogP contribution in [-0.4, -0.2) is 21.2 Å². The molecule has 0 spiro atoms. The summed E-state index contributed by atoms with van der Waals surface area (Å²) >= 11 is 0. The summed E-state index contributed by atoms with van der Waals surface area (Å²) in [6, 6.07) is 10.1. The molecule has 0 saturated carbocycles. The molecule has 0 aliphatic heterocycles. The van der Waals surface area contributed by atoms with Crippen molar-refractivity contribution in [2.75, 3.05) is 0 Å². The van der Waals surface area contributed by atoms with E-state index in [0.29, 0.717) is 22.6 Å². The zero-order valence-corrected chi connectivity index (χ0v) is 10.7. The predicted molar refractivity (Wildman–Crippen MR) is 72.0 cm³/mol. The first-order chi connectivity index (χ1) is 10.0. The highest BCUT2D eigenvalue weighted by atomic mass is 19.1. The van der Waals surface area contributed by atoms with Crippen molar-refractivity contribution in [3.63, 3.8) is 0 Å². The minimum atomic E-state index is -1.62. The van der Waals surface area contributed by atoms with Gasteiger partial charge in [0.25, 0.3) is 0 Å². The van der Waals surface area contributed by atoms with Crippen molar-refractivity contribution < 1.29 is 23.8 Å². The number of carbonyl (C=O) groups is 1. The van der Waals surface area contributed by atoms with E-state index in [1.165, 1.54) is 36.4 Å². The summed E-state index contributed by atoms with van der Waals surface area (Å²) in [7, 11) is 0. The molecule has 2 N–H and O–H groups in total. The second-order valence-corrected chi connectivity index (χ2v) is 4.49. The summed E-state index contributed by atoms with van der Waals surface area (Å²) in [4.78, 5) is 15.0. The van der Waals surface area contributed by atoms with Gasteiger partial charge in [-0.2, -0.15) is 0 Å². The van der Waals surface area contributed by atoms with Gasteiger partial charge >= 0.3 is 5.97 Å². The molecule has 0 saturated heterocycles. The van der Waals surface area contributed by atoms with Gasteiger partial charge in [0.15, 0.2) is 11.7 Å². The van der Waals surface area contributed by atoms with E-state index in [4.69, 9.17) is 9.52 Å². The Morgan fingerprint density at radius 3 is 2.57 bits per heavy atom. The van der Waals surface area contributed by atoms with E-state index in [-0.39, 0.29) is 11.4 Å². The lowest BCUT2D eigenvalue weighted by Gasteiger charge is -2.04. The van der Waals surface area contributed by atoms with Gasteiger partial charge in [0.05, 0.1) is 0 Å². The van der Waals surface area contributed by atoms with Crippen LogP contribution >= 0.6 is 0 Å². The van der Waals surface area contributed by atoms with Crippen LogP contribution < -0.4 is 0 Å². The van der Waals surface area contributed by atoms with Gasteiger partial charge in [-0.1, -0.05) is 6.07 Å². The molecule has 0 fully saturated rings. The molecule has 1 unspecified atom stereocenters. The third kappa shape index (κ3) is 2.48. The normalized spacial score (nSPS) is 12.5. The summed E-state index contributed by atoms with van der Waals surface area (Å²) in [6.07, 6.45) is -1.62. The molecule has 0 aliphatic carbocycles. The summed E-state index contributed by atoms with van der Waals surface area (Å²) in [5.41, 5.74) is 1.69. The van der Waals surface area contributed by atoms with Crippen LogP contribution in [0.1, 0.15) is 11.7 Å². The lowest BCUT2D eigenvalue weighted by atomic mass is 10.1. The molecule has 0 aliphatic rings. The topological polar surface area (TPSA) is 83.6 Å². The van der Waals surface area contributed by atoms with Crippen molar-refractivity contribution >= 4 is 17.1 Å². The van der Waals surface area contributed by atoms with Crippen molar-refractivity contribution in [3.8, 4) is 11.5 Å². The minimum Gasteiger partial charge on any atom is -0.479 e. The number of fused-ring (bicyclic) bond motifs is 1. The van der Waals surface area contributed by atoms with E-state index in [9.17, 15) is 14.3 Å². The molecule has 6 heteroatoms. The molecule has 0 bridgehead atoms. The largest absolute Gasteiger partial charge is 0.479 e. The van der Waals surface area contributed by atoms with Gasteiger partial charge < -0.3 is 14.6 Å². The Morgan fingerprint density at radius 2 is 1.90 bits per heavy atom. The molecular weight excluding hydrogens is 277 g/mol. The molecule has 0 radical (unpaired) electrons. The molecule has 21 heavy (non-hydrogen) atoms. The Labute approximate surface area is 118 Å². The second-order valence-electron chi connectivity index (χ2n) is 4.49. The highest BCUT2D eigenvalue weighted by Crippen LogP contribution is 2.26. The van der Waals surface area contributed by atoms with E-state index >= 15 is 0 Å². The standard InChI is InChI=1S/C15H10FNO4/c16-10-4-1-8(2-5-10)14-17-11-6-3-9(7-12(11)21-14)13(18)15(19)20/h1-7,13,18H,(H,19,20). The van der Waals surface area contributed by atoms with Crippen LogP contribution in [0.25, 0.3) is 22.6 Å². The Hall–Kier alpha value is -2.73. The number of nitrogens with zero attached hydrogens (tertiary/aromatic N) is 1. The first kappa shape index (κ1) is 13.3. The van der Waals surface area contributed by atoms with E-state index in [2.05, 4.69) is 4.98 Å². The fourth-order valence-electron chi connectivity index (χ4n) is 1.97. The smallest absolute Gasteiger partial charge is 0.337 e. The maximum Gasteiger partial charge on any atom is 0.337 e. The number of carboxylic acids is 1. The maximum atomic E-state index is 12.9. The highest BCUT2D eigenvalue weighted by molar-refractivity contribution is 5.80. The molecule has 1 heterocycles. The number of aliphatic hydroxyl groups excluding tert-OH is 1. The number of halogens is 1. The third-order valence-corrected chi connectivity index (χ3v) is 3.05.